The average Bonchev–Trinajstić information content (AvgIpc) is 2.62. The zero-order valence-electron chi connectivity index (χ0n) is 14.7. The minimum atomic E-state index is -0.312. The van der Waals surface area contributed by atoms with E-state index in [1.54, 1.807) is 30.1 Å². The predicted octanol–water partition coefficient (Wildman–Crippen LogP) is 4.17. The standard InChI is InChI=1S/C19H22ClN3O2/c1-4-5-10-23(3)19(25)17-11-14(8-9-21-17)18(24)22-15-7-6-13(2)16(20)12-15/h6-9,11-12H,4-5,10H2,1-3H3,(H,22,24). The first kappa shape index (κ1) is 18.9. The SMILES string of the molecule is CCCCN(C)C(=O)c1cc(C(=O)Nc2ccc(C)c(Cl)c2)ccn1. The van der Waals surface area contributed by atoms with E-state index in [1.807, 2.05) is 13.0 Å². The fraction of sp³-hybridized carbons (Fsp3) is 0.316. The average molecular weight is 360 g/mol. The summed E-state index contributed by atoms with van der Waals surface area (Å²) in [6.07, 6.45) is 3.40. The van der Waals surface area contributed by atoms with Crippen molar-refractivity contribution in [1.29, 1.82) is 0 Å². The van der Waals surface area contributed by atoms with Crippen LogP contribution in [0.1, 0.15) is 46.2 Å². The number of pyridine rings is 1. The lowest BCUT2D eigenvalue weighted by molar-refractivity contribution is 0.0787. The third-order valence-electron chi connectivity index (χ3n) is 3.86. The normalized spacial score (nSPS) is 10.4. The maximum Gasteiger partial charge on any atom is 0.272 e. The van der Waals surface area contributed by atoms with Gasteiger partial charge in [0.15, 0.2) is 0 Å². The molecule has 1 heterocycles. The second-order valence-corrected chi connectivity index (χ2v) is 6.34. The Morgan fingerprint density at radius 2 is 2.00 bits per heavy atom. The summed E-state index contributed by atoms with van der Waals surface area (Å²) >= 11 is 6.08. The molecule has 5 nitrogen and oxygen atoms in total. The highest BCUT2D eigenvalue weighted by atomic mass is 35.5. The number of nitrogens with one attached hydrogen (secondary N) is 1. The van der Waals surface area contributed by atoms with E-state index in [1.165, 1.54) is 12.3 Å². The molecule has 132 valence electrons. The van der Waals surface area contributed by atoms with Crippen LogP contribution < -0.4 is 5.32 Å². The zero-order chi connectivity index (χ0) is 18.4. The lowest BCUT2D eigenvalue weighted by Crippen LogP contribution is -2.28. The molecule has 0 unspecified atom stereocenters. The van der Waals surface area contributed by atoms with E-state index in [-0.39, 0.29) is 17.5 Å². The van der Waals surface area contributed by atoms with Crippen molar-refractivity contribution in [2.45, 2.75) is 26.7 Å². The molecule has 0 fully saturated rings. The predicted molar refractivity (Wildman–Crippen MR) is 100 cm³/mol. The largest absolute Gasteiger partial charge is 0.340 e. The highest BCUT2D eigenvalue weighted by Gasteiger charge is 2.15. The molecule has 2 aromatic rings. The fourth-order valence-corrected chi connectivity index (χ4v) is 2.44. The summed E-state index contributed by atoms with van der Waals surface area (Å²) in [5, 5.41) is 3.36. The Bertz CT molecular complexity index is 777. The molecule has 0 radical (unpaired) electrons. The second-order valence-electron chi connectivity index (χ2n) is 5.93. The Hall–Kier alpha value is -2.40. The number of anilines is 1. The van der Waals surface area contributed by atoms with Gasteiger partial charge in [0.1, 0.15) is 5.69 Å². The summed E-state index contributed by atoms with van der Waals surface area (Å²) in [5.74, 6) is -0.505. The molecule has 1 aromatic carbocycles. The Labute approximate surface area is 153 Å². The molecule has 0 bridgehead atoms. The number of amides is 2. The number of unbranched alkanes of at least 4 members (excludes halogenated alkanes) is 1. The third kappa shape index (κ3) is 5.03. The summed E-state index contributed by atoms with van der Waals surface area (Å²) in [6, 6.07) is 8.40. The van der Waals surface area contributed by atoms with Crippen LogP contribution in [0.5, 0.6) is 0 Å². The van der Waals surface area contributed by atoms with Crippen molar-refractivity contribution in [3.8, 4) is 0 Å². The number of carbonyl (C=O) groups excluding carboxylic acids is 2. The summed E-state index contributed by atoms with van der Waals surface area (Å²) < 4.78 is 0. The van der Waals surface area contributed by atoms with E-state index < -0.39 is 0 Å². The van der Waals surface area contributed by atoms with E-state index in [9.17, 15) is 9.59 Å². The Morgan fingerprint density at radius 3 is 2.68 bits per heavy atom. The van der Waals surface area contributed by atoms with Crippen LogP contribution in [0.2, 0.25) is 5.02 Å². The van der Waals surface area contributed by atoms with Gasteiger partial charge in [0, 0.05) is 36.1 Å². The van der Waals surface area contributed by atoms with Crippen LogP contribution >= 0.6 is 11.6 Å². The van der Waals surface area contributed by atoms with Gasteiger partial charge in [0.2, 0.25) is 0 Å². The number of hydrogen-bond acceptors (Lipinski definition) is 3. The topological polar surface area (TPSA) is 62.3 Å². The first-order valence-electron chi connectivity index (χ1n) is 8.21. The molecule has 0 aliphatic heterocycles. The lowest BCUT2D eigenvalue weighted by Gasteiger charge is -2.16. The minimum absolute atomic E-state index is 0.193. The molecule has 0 saturated heterocycles. The van der Waals surface area contributed by atoms with Crippen LogP contribution in [0.3, 0.4) is 0 Å². The minimum Gasteiger partial charge on any atom is -0.340 e. The van der Waals surface area contributed by atoms with Gasteiger partial charge in [-0.2, -0.15) is 0 Å². The van der Waals surface area contributed by atoms with E-state index in [0.29, 0.717) is 22.8 Å². The third-order valence-corrected chi connectivity index (χ3v) is 4.27. The van der Waals surface area contributed by atoms with Gasteiger partial charge in [0.05, 0.1) is 0 Å². The molecular weight excluding hydrogens is 338 g/mol. The second kappa shape index (κ2) is 8.62. The monoisotopic (exact) mass is 359 g/mol. The van der Waals surface area contributed by atoms with Gasteiger partial charge in [-0.1, -0.05) is 31.0 Å². The Balaban J connectivity index is 2.13. The van der Waals surface area contributed by atoms with Crippen LogP contribution in [0.25, 0.3) is 0 Å². The number of rotatable bonds is 6. The molecule has 2 amide bonds. The number of aromatic nitrogens is 1. The van der Waals surface area contributed by atoms with Crippen LogP contribution in [-0.4, -0.2) is 35.3 Å². The van der Waals surface area contributed by atoms with Gasteiger partial charge in [-0.25, -0.2) is 0 Å². The highest BCUT2D eigenvalue weighted by Crippen LogP contribution is 2.20. The van der Waals surface area contributed by atoms with Gasteiger partial charge < -0.3 is 10.2 Å². The molecular formula is C19H22ClN3O2. The maximum absolute atomic E-state index is 12.4. The van der Waals surface area contributed by atoms with E-state index in [2.05, 4.69) is 17.2 Å². The lowest BCUT2D eigenvalue weighted by atomic mass is 10.2. The molecule has 0 atom stereocenters. The van der Waals surface area contributed by atoms with Crippen molar-refractivity contribution < 1.29 is 9.59 Å². The Morgan fingerprint density at radius 1 is 1.24 bits per heavy atom. The molecule has 0 spiro atoms. The van der Waals surface area contributed by atoms with Gasteiger partial charge in [-0.15, -0.1) is 0 Å². The molecule has 6 heteroatoms. The summed E-state index contributed by atoms with van der Waals surface area (Å²) in [6.45, 7) is 4.62. The van der Waals surface area contributed by atoms with Crippen LogP contribution in [-0.2, 0) is 0 Å². The van der Waals surface area contributed by atoms with Gasteiger partial charge >= 0.3 is 0 Å². The number of aryl methyl sites for hydroxylation is 1. The van der Waals surface area contributed by atoms with Crippen LogP contribution in [0.4, 0.5) is 5.69 Å². The highest BCUT2D eigenvalue weighted by molar-refractivity contribution is 6.31. The maximum atomic E-state index is 12.4. The summed E-state index contributed by atoms with van der Waals surface area (Å²) in [7, 11) is 1.74. The molecule has 0 aliphatic carbocycles. The first-order chi connectivity index (χ1) is 11.9. The number of nitrogens with zero attached hydrogens (tertiary/aromatic N) is 2. The van der Waals surface area contributed by atoms with Gasteiger partial charge in [-0.3, -0.25) is 14.6 Å². The summed E-state index contributed by atoms with van der Waals surface area (Å²) in [4.78, 5) is 30.5. The Kier molecular flexibility index (Phi) is 6.53. The zero-order valence-corrected chi connectivity index (χ0v) is 15.4. The van der Waals surface area contributed by atoms with Crippen LogP contribution in [0.15, 0.2) is 36.5 Å². The number of halogens is 1. The smallest absolute Gasteiger partial charge is 0.272 e. The number of hydrogen-bond donors (Lipinski definition) is 1. The van der Waals surface area contributed by atoms with Crippen molar-refractivity contribution in [1.82, 2.24) is 9.88 Å². The first-order valence-corrected chi connectivity index (χ1v) is 8.59. The number of benzene rings is 1. The van der Waals surface area contributed by atoms with Crippen molar-refractivity contribution >= 4 is 29.1 Å². The van der Waals surface area contributed by atoms with E-state index in [0.717, 1.165) is 18.4 Å². The van der Waals surface area contributed by atoms with Crippen molar-refractivity contribution in [2.75, 3.05) is 18.9 Å². The molecule has 0 saturated carbocycles. The van der Waals surface area contributed by atoms with E-state index in [4.69, 9.17) is 11.6 Å². The van der Waals surface area contributed by atoms with Crippen molar-refractivity contribution in [3.63, 3.8) is 0 Å². The molecule has 0 aliphatic rings. The molecule has 1 N–H and O–H groups in total. The molecule has 1 aromatic heterocycles. The summed E-state index contributed by atoms with van der Waals surface area (Å²) in [5.41, 5.74) is 2.17. The van der Waals surface area contributed by atoms with Crippen molar-refractivity contribution in [3.05, 3.63) is 58.4 Å². The fourth-order valence-electron chi connectivity index (χ4n) is 2.25. The van der Waals surface area contributed by atoms with Gasteiger partial charge in [0.25, 0.3) is 11.8 Å². The van der Waals surface area contributed by atoms with Crippen LogP contribution in [0, 0.1) is 6.92 Å². The van der Waals surface area contributed by atoms with Crippen molar-refractivity contribution in [2.24, 2.45) is 0 Å². The van der Waals surface area contributed by atoms with Gasteiger partial charge in [-0.05, 0) is 43.2 Å². The molecule has 25 heavy (non-hydrogen) atoms. The molecule has 2 rings (SSSR count). The quantitative estimate of drug-likeness (QED) is 0.842. The number of carbonyl (C=O) groups is 2. The van der Waals surface area contributed by atoms with E-state index >= 15 is 0 Å².